The molecule has 16 heavy (non-hydrogen) atoms. The molecule has 4 nitrogen and oxygen atoms in total. The largest absolute Gasteiger partial charge is 0.337 e. The molecule has 2 unspecified atom stereocenters. The van der Waals surface area contributed by atoms with E-state index < -0.39 is 0 Å². The van der Waals surface area contributed by atoms with Gasteiger partial charge in [-0.15, -0.1) is 0 Å². The Kier molecular flexibility index (Phi) is 4.74. The summed E-state index contributed by atoms with van der Waals surface area (Å²) in [5.74, 6) is 0.772. The third-order valence-electron chi connectivity index (χ3n) is 3.19. The maximum Gasteiger partial charge on any atom is 0.240 e. The second-order valence-corrected chi connectivity index (χ2v) is 5.27. The quantitative estimate of drug-likeness (QED) is 0.762. The van der Waals surface area contributed by atoms with Crippen LogP contribution < -0.4 is 5.73 Å². The minimum Gasteiger partial charge on any atom is -0.337 e. The lowest BCUT2D eigenvalue weighted by molar-refractivity contribution is -0.145. The van der Waals surface area contributed by atoms with E-state index >= 15 is 0 Å². The number of nitrogens with zero attached hydrogens (tertiary/aromatic N) is 2. The molecule has 4 heteroatoms. The summed E-state index contributed by atoms with van der Waals surface area (Å²) in [6, 6.07) is 0.300. The van der Waals surface area contributed by atoms with Gasteiger partial charge in [-0.25, -0.2) is 0 Å². The highest BCUT2D eigenvalue weighted by atomic mass is 16.2. The van der Waals surface area contributed by atoms with Crippen LogP contribution in [-0.2, 0) is 4.79 Å². The van der Waals surface area contributed by atoms with E-state index in [1.807, 2.05) is 11.9 Å². The van der Waals surface area contributed by atoms with Gasteiger partial charge in [-0.1, -0.05) is 13.8 Å². The van der Waals surface area contributed by atoms with E-state index in [0.29, 0.717) is 18.5 Å². The molecule has 0 saturated carbocycles. The molecular formula is C12H25N3O. The van der Waals surface area contributed by atoms with Crippen LogP contribution in [0, 0.1) is 5.92 Å². The van der Waals surface area contributed by atoms with Crippen LogP contribution in [-0.4, -0.2) is 54.5 Å². The third kappa shape index (κ3) is 2.95. The Hall–Kier alpha value is -0.610. The zero-order valence-electron chi connectivity index (χ0n) is 10.9. The SMILES string of the molecule is CC(C)CN1C(=O)C(CCN)N(C)CC1C. The summed E-state index contributed by atoms with van der Waals surface area (Å²) in [5, 5.41) is 0. The summed E-state index contributed by atoms with van der Waals surface area (Å²) in [6.45, 7) is 8.80. The first-order valence-electron chi connectivity index (χ1n) is 6.18. The van der Waals surface area contributed by atoms with E-state index in [9.17, 15) is 4.79 Å². The number of carbonyl (C=O) groups is 1. The molecule has 0 radical (unpaired) electrons. The molecule has 1 rings (SSSR count). The average Bonchev–Trinajstić information content (AvgIpc) is 2.19. The van der Waals surface area contributed by atoms with E-state index in [-0.39, 0.29) is 11.9 Å². The number of amides is 1. The van der Waals surface area contributed by atoms with Gasteiger partial charge in [-0.2, -0.15) is 0 Å². The Morgan fingerprint density at radius 3 is 2.62 bits per heavy atom. The van der Waals surface area contributed by atoms with Crippen molar-refractivity contribution in [2.45, 2.75) is 39.3 Å². The lowest BCUT2D eigenvalue weighted by Crippen LogP contribution is -2.60. The summed E-state index contributed by atoms with van der Waals surface area (Å²) in [7, 11) is 2.02. The van der Waals surface area contributed by atoms with E-state index in [2.05, 4.69) is 25.7 Å². The summed E-state index contributed by atoms with van der Waals surface area (Å²) >= 11 is 0. The van der Waals surface area contributed by atoms with Crippen LogP contribution in [0.1, 0.15) is 27.2 Å². The van der Waals surface area contributed by atoms with E-state index in [1.54, 1.807) is 0 Å². The number of carbonyl (C=O) groups excluding carboxylic acids is 1. The van der Waals surface area contributed by atoms with Crippen LogP contribution in [0.5, 0.6) is 0 Å². The Morgan fingerprint density at radius 1 is 1.50 bits per heavy atom. The van der Waals surface area contributed by atoms with Crippen molar-refractivity contribution < 1.29 is 4.79 Å². The number of hydrogen-bond acceptors (Lipinski definition) is 3. The predicted molar refractivity (Wildman–Crippen MR) is 66.1 cm³/mol. The molecular weight excluding hydrogens is 202 g/mol. The van der Waals surface area contributed by atoms with Gasteiger partial charge in [0.25, 0.3) is 0 Å². The lowest BCUT2D eigenvalue weighted by atomic mass is 10.0. The summed E-state index contributed by atoms with van der Waals surface area (Å²) in [4.78, 5) is 16.5. The second kappa shape index (κ2) is 5.64. The van der Waals surface area contributed by atoms with Crippen molar-refractivity contribution in [1.82, 2.24) is 9.80 Å². The second-order valence-electron chi connectivity index (χ2n) is 5.27. The molecule has 1 heterocycles. The van der Waals surface area contributed by atoms with Crippen molar-refractivity contribution in [2.24, 2.45) is 11.7 Å². The summed E-state index contributed by atoms with van der Waals surface area (Å²) in [6.07, 6.45) is 0.761. The molecule has 2 atom stereocenters. The average molecular weight is 227 g/mol. The zero-order chi connectivity index (χ0) is 12.3. The van der Waals surface area contributed by atoms with Crippen LogP contribution >= 0.6 is 0 Å². The Balaban J connectivity index is 2.73. The maximum atomic E-state index is 12.3. The van der Waals surface area contributed by atoms with E-state index in [0.717, 1.165) is 19.5 Å². The molecule has 1 saturated heterocycles. The van der Waals surface area contributed by atoms with Crippen LogP contribution in [0.2, 0.25) is 0 Å². The van der Waals surface area contributed by atoms with Gasteiger partial charge in [-0.3, -0.25) is 9.69 Å². The highest BCUT2D eigenvalue weighted by Gasteiger charge is 2.35. The fourth-order valence-electron chi connectivity index (χ4n) is 2.40. The van der Waals surface area contributed by atoms with Crippen molar-refractivity contribution in [1.29, 1.82) is 0 Å². The first kappa shape index (κ1) is 13.5. The molecule has 1 aliphatic heterocycles. The first-order chi connectivity index (χ1) is 7.47. The van der Waals surface area contributed by atoms with Gasteiger partial charge >= 0.3 is 0 Å². The number of nitrogens with two attached hydrogens (primary N) is 1. The Morgan fingerprint density at radius 2 is 2.12 bits per heavy atom. The van der Waals surface area contributed by atoms with Crippen molar-refractivity contribution >= 4 is 5.91 Å². The highest BCUT2D eigenvalue weighted by molar-refractivity contribution is 5.83. The maximum absolute atomic E-state index is 12.3. The summed E-state index contributed by atoms with van der Waals surface area (Å²) in [5.41, 5.74) is 5.57. The number of hydrogen-bond donors (Lipinski definition) is 1. The molecule has 0 aromatic heterocycles. The first-order valence-corrected chi connectivity index (χ1v) is 6.18. The smallest absolute Gasteiger partial charge is 0.240 e. The van der Waals surface area contributed by atoms with Gasteiger partial charge in [0.1, 0.15) is 0 Å². The molecule has 0 bridgehead atoms. The van der Waals surface area contributed by atoms with Crippen LogP contribution in [0.15, 0.2) is 0 Å². The van der Waals surface area contributed by atoms with E-state index in [1.165, 1.54) is 0 Å². The predicted octanol–water partition coefficient (Wildman–Crippen LogP) is 0.522. The molecule has 0 aromatic rings. The molecule has 2 N–H and O–H groups in total. The van der Waals surface area contributed by atoms with Crippen LogP contribution in [0.4, 0.5) is 0 Å². The number of rotatable bonds is 4. The molecule has 0 aromatic carbocycles. The minimum absolute atomic E-state index is 0.0139. The summed E-state index contributed by atoms with van der Waals surface area (Å²) < 4.78 is 0. The normalized spacial score (nSPS) is 27.9. The molecule has 0 spiro atoms. The molecule has 1 aliphatic rings. The van der Waals surface area contributed by atoms with Gasteiger partial charge in [-0.05, 0) is 32.9 Å². The van der Waals surface area contributed by atoms with Gasteiger partial charge < -0.3 is 10.6 Å². The van der Waals surface area contributed by atoms with Crippen molar-refractivity contribution in [3.05, 3.63) is 0 Å². The standard InChI is InChI=1S/C12H25N3O/c1-9(2)7-15-10(3)8-14(4)11(5-6-13)12(15)16/h9-11H,5-8,13H2,1-4H3. The van der Waals surface area contributed by atoms with Crippen LogP contribution in [0.25, 0.3) is 0 Å². The topological polar surface area (TPSA) is 49.6 Å². The van der Waals surface area contributed by atoms with Crippen molar-refractivity contribution in [3.8, 4) is 0 Å². The van der Waals surface area contributed by atoms with Crippen molar-refractivity contribution in [3.63, 3.8) is 0 Å². The van der Waals surface area contributed by atoms with Gasteiger partial charge in [0, 0.05) is 19.1 Å². The fraction of sp³-hybridized carbons (Fsp3) is 0.917. The van der Waals surface area contributed by atoms with Crippen LogP contribution in [0.3, 0.4) is 0 Å². The highest BCUT2D eigenvalue weighted by Crippen LogP contribution is 2.18. The Bertz CT molecular complexity index is 242. The van der Waals surface area contributed by atoms with Gasteiger partial charge in [0.15, 0.2) is 0 Å². The molecule has 1 fully saturated rings. The van der Waals surface area contributed by atoms with Gasteiger partial charge in [0.05, 0.1) is 6.04 Å². The molecule has 94 valence electrons. The zero-order valence-corrected chi connectivity index (χ0v) is 10.9. The lowest BCUT2D eigenvalue weighted by Gasteiger charge is -2.43. The third-order valence-corrected chi connectivity index (χ3v) is 3.19. The van der Waals surface area contributed by atoms with E-state index in [4.69, 9.17) is 5.73 Å². The van der Waals surface area contributed by atoms with Crippen molar-refractivity contribution in [2.75, 3.05) is 26.7 Å². The van der Waals surface area contributed by atoms with Gasteiger partial charge in [0.2, 0.25) is 5.91 Å². The minimum atomic E-state index is -0.0139. The monoisotopic (exact) mass is 227 g/mol. The number of likely N-dealkylation sites (N-methyl/N-ethyl adjacent to an activating group) is 1. The fourth-order valence-corrected chi connectivity index (χ4v) is 2.40. The molecule has 1 amide bonds. The number of piperazine rings is 1. The molecule has 0 aliphatic carbocycles. The Labute approximate surface area is 98.8 Å².